The Labute approximate surface area is 146 Å². The summed E-state index contributed by atoms with van der Waals surface area (Å²) in [4.78, 5) is 24.5. The normalized spacial score (nSPS) is 10.8. The van der Waals surface area contributed by atoms with Crippen molar-refractivity contribution in [3.05, 3.63) is 65.4 Å². The predicted molar refractivity (Wildman–Crippen MR) is 97.1 cm³/mol. The molecule has 2 N–H and O–H groups in total. The zero-order chi connectivity index (χ0) is 18.0. The number of rotatable bonds is 5. The number of hydrogen-bond acceptors (Lipinski definition) is 3. The third-order valence-corrected chi connectivity index (χ3v) is 4.30. The molecule has 5 heteroatoms. The van der Waals surface area contributed by atoms with Crippen molar-refractivity contribution in [1.29, 1.82) is 0 Å². The van der Waals surface area contributed by atoms with Crippen LogP contribution in [0.25, 0.3) is 10.9 Å². The van der Waals surface area contributed by atoms with Crippen molar-refractivity contribution in [3.8, 4) is 5.75 Å². The SMILES string of the molecule is CCc1ccc(OCC(=O)n2c(C)c(C(N)=O)c3ccccc32)cc1. The lowest BCUT2D eigenvalue weighted by atomic mass is 10.1. The van der Waals surface area contributed by atoms with E-state index >= 15 is 0 Å². The first-order chi connectivity index (χ1) is 12.0. The zero-order valence-electron chi connectivity index (χ0n) is 14.3. The number of nitrogens with zero attached hydrogens (tertiary/aromatic N) is 1. The molecule has 0 aliphatic rings. The third-order valence-electron chi connectivity index (χ3n) is 4.30. The molecule has 0 aliphatic heterocycles. The molecule has 128 valence electrons. The van der Waals surface area contributed by atoms with Gasteiger partial charge in [-0.1, -0.05) is 37.3 Å². The van der Waals surface area contributed by atoms with Gasteiger partial charge in [0.1, 0.15) is 5.75 Å². The topological polar surface area (TPSA) is 74.3 Å². The van der Waals surface area contributed by atoms with Crippen molar-refractivity contribution >= 4 is 22.7 Å². The van der Waals surface area contributed by atoms with Crippen LogP contribution in [-0.4, -0.2) is 23.0 Å². The molecule has 0 unspecified atom stereocenters. The molecule has 0 aliphatic carbocycles. The van der Waals surface area contributed by atoms with E-state index in [4.69, 9.17) is 10.5 Å². The van der Waals surface area contributed by atoms with E-state index in [-0.39, 0.29) is 12.5 Å². The number of primary amides is 1. The summed E-state index contributed by atoms with van der Waals surface area (Å²) in [7, 11) is 0. The Morgan fingerprint density at radius 1 is 1.08 bits per heavy atom. The molecule has 5 nitrogen and oxygen atoms in total. The van der Waals surface area contributed by atoms with Crippen LogP contribution in [0.3, 0.4) is 0 Å². The number of hydrogen-bond donors (Lipinski definition) is 1. The molecule has 1 aromatic heterocycles. The fraction of sp³-hybridized carbons (Fsp3) is 0.200. The van der Waals surface area contributed by atoms with E-state index in [9.17, 15) is 9.59 Å². The summed E-state index contributed by atoms with van der Waals surface area (Å²) in [5.41, 5.74) is 8.26. The van der Waals surface area contributed by atoms with Crippen LogP contribution in [-0.2, 0) is 6.42 Å². The summed E-state index contributed by atoms with van der Waals surface area (Å²) in [6, 6.07) is 14.9. The lowest BCUT2D eigenvalue weighted by Crippen LogP contribution is -2.21. The molecule has 3 rings (SSSR count). The van der Waals surface area contributed by atoms with Gasteiger partial charge in [0.05, 0.1) is 11.1 Å². The van der Waals surface area contributed by atoms with Crippen molar-refractivity contribution in [3.63, 3.8) is 0 Å². The van der Waals surface area contributed by atoms with Gasteiger partial charge in [0.15, 0.2) is 6.61 Å². The van der Waals surface area contributed by atoms with Crippen LogP contribution in [0.2, 0.25) is 0 Å². The number of aromatic nitrogens is 1. The molecule has 0 atom stereocenters. The Hall–Kier alpha value is -3.08. The largest absolute Gasteiger partial charge is 0.484 e. The molecule has 0 spiro atoms. The minimum Gasteiger partial charge on any atom is -0.484 e. The van der Waals surface area contributed by atoms with Gasteiger partial charge in [0.25, 0.3) is 11.8 Å². The molecule has 0 bridgehead atoms. The first kappa shape index (κ1) is 16.8. The van der Waals surface area contributed by atoms with E-state index in [2.05, 4.69) is 6.92 Å². The number of carbonyl (C=O) groups is 2. The monoisotopic (exact) mass is 336 g/mol. The van der Waals surface area contributed by atoms with E-state index in [1.54, 1.807) is 19.1 Å². The van der Waals surface area contributed by atoms with Crippen molar-refractivity contribution in [2.24, 2.45) is 5.73 Å². The smallest absolute Gasteiger partial charge is 0.269 e. The molecular formula is C20H20N2O3. The molecule has 0 saturated carbocycles. The second-order valence-corrected chi connectivity index (χ2v) is 5.86. The number of amides is 1. The Morgan fingerprint density at radius 2 is 1.76 bits per heavy atom. The van der Waals surface area contributed by atoms with Gasteiger partial charge in [-0.05, 0) is 37.1 Å². The van der Waals surface area contributed by atoms with Crippen LogP contribution < -0.4 is 10.5 Å². The number of para-hydroxylation sites is 1. The van der Waals surface area contributed by atoms with Crippen LogP contribution in [0, 0.1) is 6.92 Å². The van der Waals surface area contributed by atoms with E-state index < -0.39 is 5.91 Å². The Morgan fingerprint density at radius 3 is 2.40 bits per heavy atom. The summed E-state index contributed by atoms with van der Waals surface area (Å²) in [6.45, 7) is 3.67. The summed E-state index contributed by atoms with van der Waals surface area (Å²) in [6.07, 6.45) is 0.948. The van der Waals surface area contributed by atoms with Crippen LogP contribution >= 0.6 is 0 Å². The Bertz CT molecular complexity index is 939. The van der Waals surface area contributed by atoms with E-state index in [0.717, 1.165) is 6.42 Å². The van der Waals surface area contributed by atoms with Crippen molar-refractivity contribution in [2.45, 2.75) is 20.3 Å². The highest BCUT2D eigenvalue weighted by Gasteiger charge is 2.21. The van der Waals surface area contributed by atoms with Gasteiger partial charge in [0.2, 0.25) is 0 Å². The van der Waals surface area contributed by atoms with Gasteiger partial charge in [-0.3, -0.25) is 14.2 Å². The predicted octanol–water partition coefficient (Wildman–Crippen LogP) is 3.33. The number of carbonyl (C=O) groups excluding carboxylic acids is 2. The maximum absolute atomic E-state index is 12.7. The van der Waals surface area contributed by atoms with Gasteiger partial charge in [-0.15, -0.1) is 0 Å². The minimum absolute atomic E-state index is 0.122. The molecule has 0 radical (unpaired) electrons. The fourth-order valence-electron chi connectivity index (χ4n) is 3.03. The Kier molecular flexibility index (Phi) is 4.57. The highest BCUT2D eigenvalue weighted by atomic mass is 16.5. The van der Waals surface area contributed by atoms with Crippen LogP contribution in [0.1, 0.15) is 33.3 Å². The maximum atomic E-state index is 12.7. The summed E-state index contributed by atoms with van der Waals surface area (Å²) < 4.78 is 7.10. The lowest BCUT2D eigenvalue weighted by molar-refractivity contribution is 0.0841. The summed E-state index contributed by atoms with van der Waals surface area (Å²) in [5, 5.41) is 0.674. The van der Waals surface area contributed by atoms with Crippen LogP contribution in [0.4, 0.5) is 0 Å². The molecule has 2 aromatic carbocycles. The minimum atomic E-state index is -0.545. The fourth-order valence-corrected chi connectivity index (χ4v) is 3.03. The molecule has 3 aromatic rings. The van der Waals surface area contributed by atoms with E-state index in [0.29, 0.717) is 27.9 Å². The van der Waals surface area contributed by atoms with Gasteiger partial charge in [0, 0.05) is 11.1 Å². The van der Waals surface area contributed by atoms with Crippen LogP contribution in [0.5, 0.6) is 5.75 Å². The lowest BCUT2D eigenvalue weighted by Gasteiger charge is -2.09. The highest BCUT2D eigenvalue weighted by Crippen LogP contribution is 2.25. The van der Waals surface area contributed by atoms with Gasteiger partial charge < -0.3 is 10.5 Å². The van der Waals surface area contributed by atoms with Crippen molar-refractivity contribution < 1.29 is 14.3 Å². The summed E-state index contributed by atoms with van der Waals surface area (Å²) >= 11 is 0. The average Bonchev–Trinajstić information content (AvgIpc) is 2.92. The van der Waals surface area contributed by atoms with Gasteiger partial charge >= 0.3 is 0 Å². The number of aryl methyl sites for hydroxylation is 1. The standard InChI is InChI=1S/C20H20N2O3/c1-3-14-8-10-15(11-9-14)25-12-18(23)22-13(2)19(20(21)24)16-6-4-5-7-17(16)22/h4-11H,3,12H2,1-2H3,(H2,21,24). The quantitative estimate of drug-likeness (QED) is 0.776. The van der Waals surface area contributed by atoms with E-state index in [1.165, 1.54) is 10.1 Å². The molecule has 0 fully saturated rings. The summed E-state index contributed by atoms with van der Waals surface area (Å²) in [5.74, 6) is -0.160. The second-order valence-electron chi connectivity index (χ2n) is 5.86. The number of fused-ring (bicyclic) bond motifs is 1. The third kappa shape index (κ3) is 3.13. The highest BCUT2D eigenvalue weighted by molar-refractivity contribution is 6.10. The molecular weight excluding hydrogens is 316 g/mol. The van der Waals surface area contributed by atoms with Crippen molar-refractivity contribution in [2.75, 3.05) is 6.61 Å². The van der Waals surface area contributed by atoms with E-state index in [1.807, 2.05) is 36.4 Å². The molecule has 25 heavy (non-hydrogen) atoms. The number of nitrogens with two attached hydrogens (primary N) is 1. The average molecular weight is 336 g/mol. The number of ether oxygens (including phenoxy) is 1. The molecule has 1 amide bonds. The molecule has 1 heterocycles. The second kappa shape index (κ2) is 6.81. The molecule has 0 saturated heterocycles. The zero-order valence-corrected chi connectivity index (χ0v) is 14.3. The maximum Gasteiger partial charge on any atom is 0.269 e. The van der Waals surface area contributed by atoms with Gasteiger partial charge in [-0.25, -0.2) is 0 Å². The Balaban J connectivity index is 1.89. The van der Waals surface area contributed by atoms with Crippen LogP contribution in [0.15, 0.2) is 48.5 Å². The first-order valence-electron chi connectivity index (χ1n) is 8.17. The van der Waals surface area contributed by atoms with Crippen molar-refractivity contribution in [1.82, 2.24) is 4.57 Å². The van der Waals surface area contributed by atoms with Gasteiger partial charge in [-0.2, -0.15) is 0 Å². The first-order valence-corrected chi connectivity index (χ1v) is 8.17. The number of benzene rings is 2.